The van der Waals surface area contributed by atoms with Crippen LogP contribution < -0.4 is 14.8 Å². The average Bonchev–Trinajstić information content (AvgIpc) is 2.91. The Labute approximate surface area is 221 Å². The van der Waals surface area contributed by atoms with Crippen LogP contribution in [0.2, 0.25) is 0 Å². The quantitative estimate of drug-likeness (QED) is 0.374. The summed E-state index contributed by atoms with van der Waals surface area (Å²) in [4.78, 5) is 32.9. The summed E-state index contributed by atoms with van der Waals surface area (Å²) in [6.45, 7) is 2.97. The van der Waals surface area contributed by atoms with E-state index in [1.807, 2.05) is 61.5 Å². The fourth-order valence-electron chi connectivity index (χ4n) is 3.97. The summed E-state index contributed by atoms with van der Waals surface area (Å²) >= 11 is 1.32. The second kappa shape index (κ2) is 13.0. The number of amidine groups is 1. The number of carbonyl (C=O) groups excluding carboxylic acids is 2. The number of carbonyl (C=O) groups is 2. The fourth-order valence-corrected chi connectivity index (χ4v) is 5.09. The second-order valence-electron chi connectivity index (χ2n) is 8.49. The topological polar surface area (TPSA) is 80.2 Å². The number of nitrogens with zero attached hydrogens (tertiary/aromatic N) is 2. The maximum Gasteiger partial charge on any atom is 0.238 e. The van der Waals surface area contributed by atoms with Gasteiger partial charge in [-0.1, -0.05) is 48.2 Å². The van der Waals surface area contributed by atoms with E-state index in [4.69, 9.17) is 14.5 Å². The lowest BCUT2D eigenvalue weighted by Crippen LogP contribution is -2.45. The van der Waals surface area contributed by atoms with Gasteiger partial charge in [0.1, 0.15) is 16.7 Å². The minimum atomic E-state index is -0.592. The first-order chi connectivity index (χ1) is 18.1. The fraction of sp³-hybridized carbons (Fsp3) is 0.276. The van der Waals surface area contributed by atoms with Gasteiger partial charge in [0.2, 0.25) is 11.8 Å². The molecule has 1 aliphatic rings. The van der Waals surface area contributed by atoms with Crippen LogP contribution in [0.1, 0.15) is 25.3 Å². The Kier molecular flexibility index (Phi) is 9.21. The number of nitrogens with one attached hydrogen (secondary N) is 1. The smallest absolute Gasteiger partial charge is 0.238 e. The zero-order chi connectivity index (χ0) is 26.0. The highest BCUT2D eigenvalue weighted by atomic mass is 32.2. The van der Waals surface area contributed by atoms with Gasteiger partial charge in [0.15, 0.2) is 5.17 Å². The first kappa shape index (κ1) is 26.3. The van der Waals surface area contributed by atoms with Crippen LogP contribution in [0, 0.1) is 0 Å². The summed E-state index contributed by atoms with van der Waals surface area (Å²) in [5, 5.41) is 2.86. The SMILES string of the molecule is CCOc1cccc(NC(=O)C2CC(=O)N(CCCc3ccccc3)C(=Nc3ccc(OC)cc3)S2)c1. The third-order valence-electron chi connectivity index (χ3n) is 5.83. The van der Waals surface area contributed by atoms with Gasteiger partial charge < -0.3 is 14.8 Å². The highest BCUT2D eigenvalue weighted by molar-refractivity contribution is 8.15. The molecule has 0 spiro atoms. The number of methoxy groups -OCH3 is 1. The molecule has 0 aromatic heterocycles. The highest BCUT2D eigenvalue weighted by Gasteiger charge is 2.35. The Balaban J connectivity index is 1.50. The molecule has 2 amide bonds. The second-order valence-corrected chi connectivity index (χ2v) is 9.66. The third-order valence-corrected chi connectivity index (χ3v) is 7.02. The van der Waals surface area contributed by atoms with Crippen LogP contribution in [0.5, 0.6) is 11.5 Å². The van der Waals surface area contributed by atoms with E-state index in [2.05, 4.69) is 17.4 Å². The molecule has 8 heteroatoms. The molecular formula is C29H31N3O4S. The van der Waals surface area contributed by atoms with E-state index in [1.54, 1.807) is 24.1 Å². The van der Waals surface area contributed by atoms with Crippen LogP contribution in [0.4, 0.5) is 11.4 Å². The zero-order valence-electron chi connectivity index (χ0n) is 21.1. The van der Waals surface area contributed by atoms with Gasteiger partial charge in [-0.05, 0) is 61.7 Å². The molecule has 0 aliphatic carbocycles. The van der Waals surface area contributed by atoms with Crippen molar-refractivity contribution in [2.75, 3.05) is 25.6 Å². The molecule has 1 N–H and O–H groups in total. The number of ether oxygens (including phenoxy) is 2. The largest absolute Gasteiger partial charge is 0.497 e. The van der Waals surface area contributed by atoms with Gasteiger partial charge in [0.25, 0.3) is 0 Å². The standard InChI is InChI=1S/C29H31N3O4S/c1-3-36-25-13-7-12-23(19-25)30-28(34)26-20-27(33)32(18-8-11-21-9-5-4-6-10-21)29(37-26)31-22-14-16-24(35-2)17-15-22/h4-7,9-10,12-17,19,26H,3,8,11,18,20H2,1-2H3,(H,30,34). The summed E-state index contributed by atoms with van der Waals surface area (Å²) in [5.41, 5.74) is 2.54. The van der Waals surface area contributed by atoms with E-state index >= 15 is 0 Å². The lowest BCUT2D eigenvalue weighted by Gasteiger charge is -2.32. The van der Waals surface area contributed by atoms with Crippen LogP contribution in [-0.4, -0.2) is 47.4 Å². The van der Waals surface area contributed by atoms with E-state index in [1.165, 1.54) is 17.3 Å². The summed E-state index contributed by atoms with van der Waals surface area (Å²) in [6.07, 6.45) is 1.75. The number of thioether (sulfide) groups is 1. The molecule has 1 atom stereocenters. The molecule has 37 heavy (non-hydrogen) atoms. The van der Waals surface area contributed by atoms with E-state index in [0.717, 1.165) is 18.6 Å². The number of aryl methyl sites for hydroxylation is 1. The van der Waals surface area contributed by atoms with E-state index in [9.17, 15) is 9.59 Å². The molecule has 0 saturated carbocycles. The lowest BCUT2D eigenvalue weighted by atomic mass is 10.1. The Bertz CT molecular complexity index is 1230. The first-order valence-electron chi connectivity index (χ1n) is 12.3. The highest BCUT2D eigenvalue weighted by Crippen LogP contribution is 2.31. The van der Waals surface area contributed by atoms with E-state index < -0.39 is 5.25 Å². The number of rotatable bonds is 10. The Morgan fingerprint density at radius 2 is 1.84 bits per heavy atom. The van der Waals surface area contributed by atoms with Gasteiger partial charge in [0, 0.05) is 24.7 Å². The Hall–Kier alpha value is -3.78. The minimum absolute atomic E-state index is 0.106. The van der Waals surface area contributed by atoms with Crippen LogP contribution in [0.3, 0.4) is 0 Å². The maximum absolute atomic E-state index is 13.3. The number of hydrogen-bond donors (Lipinski definition) is 1. The molecule has 1 saturated heterocycles. The maximum atomic E-state index is 13.3. The zero-order valence-corrected chi connectivity index (χ0v) is 21.9. The van der Waals surface area contributed by atoms with Crippen LogP contribution >= 0.6 is 11.8 Å². The molecule has 3 aromatic carbocycles. The van der Waals surface area contributed by atoms with Crippen molar-refractivity contribution in [2.45, 2.75) is 31.4 Å². The van der Waals surface area contributed by atoms with Crippen molar-refractivity contribution in [3.8, 4) is 11.5 Å². The normalized spacial score (nSPS) is 16.5. The van der Waals surface area contributed by atoms with Crippen molar-refractivity contribution >= 4 is 40.1 Å². The Morgan fingerprint density at radius 1 is 1.05 bits per heavy atom. The number of aliphatic imine (C=N–C) groups is 1. The first-order valence-corrected chi connectivity index (χ1v) is 13.2. The number of anilines is 1. The molecule has 0 bridgehead atoms. The molecule has 192 valence electrons. The van der Waals surface area contributed by atoms with Crippen molar-refractivity contribution in [3.05, 3.63) is 84.4 Å². The van der Waals surface area contributed by atoms with Crippen molar-refractivity contribution in [2.24, 2.45) is 4.99 Å². The van der Waals surface area contributed by atoms with Gasteiger partial charge >= 0.3 is 0 Å². The lowest BCUT2D eigenvalue weighted by molar-refractivity contribution is -0.129. The van der Waals surface area contributed by atoms with Crippen molar-refractivity contribution in [3.63, 3.8) is 0 Å². The average molecular weight is 518 g/mol. The van der Waals surface area contributed by atoms with Crippen LogP contribution in [0.25, 0.3) is 0 Å². The predicted octanol–water partition coefficient (Wildman–Crippen LogP) is 5.69. The van der Waals surface area contributed by atoms with Gasteiger partial charge in [-0.25, -0.2) is 4.99 Å². The number of benzene rings is 3. The van der Waals surface area contributed by atoms with Gasteiger partial charge in [-0.2, -0.15) is 0 Å². The molecule has 4 rings (SSSR count). The monoisotopic (exact) mass is 517 g/mol. The summed E-state index contributed by atoms with van der Waals surface area (Å²) in [7, 11) is 1.61. The van der Waals surface area contributed by atoms with Gasteiger partial charge in [-0.15, -0.1) is 0 Å². The van der Waals surface area contributed by atoms with E-state index in [-0.39, 0.29) is 18.2 Å². The summed E-state index contributed by atoms with van der Waals surface area (Å²) < 4.78 is 10.8. The number of amides is 2. The molecule has 1 aliphatic heterocycles. The predicted molar refractivity (Wildman–Crippen MR) is 149 cm³/mol. The molecular weight excluding hydrogens is 486 g/mol. The number of hydrogen-bond acceptors (Lipinski definition) is 6. The van der Waals surface area contributed by atoms with Gasteiger partial charge in [0.05, 0.1) is 19.4 Å². The van der Waals surface area contributed by atoms with E-state index in [0.29, 0.717) is 35.4 Å². The molecule has 7 nitrogen and oxygen atoms in total. The molecule has 1 fully saturated rings. The van der Waals surface area contributed by atoms with Crippen molar-refractivity contribution in [1.29, 1.82) is 0 Å². The molecule has 0 radical (unpaired) electrons. The van der Waals surface area contributed by atoms with Crippen molar-refractivity contribution < 1.29 is 19.1 Å². The molecule has 1 heterocycles. The van der Waals surface area contributed by atoms with Crippen molar-refractivity contribution in [1.82, 2.24) is 4.90 Å². The summed E-state index contributed by atoms with van der Waals surface area (Å²) in [5.74, 6) is 1.06. The Morgan fingerprint density at radius 3 is 2.57 bits per heavy atom. The van der Waals surface area contributed by atoms with Gasteiger partial charge in [-0.3, -0.25) is 14.5 Å². The third kappa shape index (κ3) is 7.36. The molecule has 3 aromatic rings. The van der Waals surface area contributed by atoms with Crippen LogP contribution in [-0.2, 0) is 16.0 Å². The van der Waals surface area contributed by atoms with Crippen LogP contribution in [0.15, 0.2) is 83.9 Å². The summed E-state index contributed by atoms with van der Waals surface area (Å²) in [6, 6.07) is 24.7. The minimum Gasteiger partial charge on any atom is -0.497 e. The molecule has 1 unspecified atom stereocenters.